The highest BCUT2D eigenvalue weighted by atomic mass is 35.5. The van der Waals surface area contributed by atoms with E-state index in [4.69, 9.17) is 21.6 Å². The van der Waals surface area contributed by atoms with Crippen LogP contribution in [0.2, 0.25) is 5.02 Å². The Labute approximate surface area is 206 Å². The van der Waals surface area contributed by atoms with E-state index in [1.54, 1.807) is 12.1 Å². The van der Waals surface area contributed by atoms with Crippen LogP contribution in [0.3, 0.4) is 0 Å². The summed E-state index contributed by atoms with van der Waals surface area (Å²) in [5.41, 5.74) is 2.23. The Morgan fingerprint density at radius 2 is 1.91 bits per heavy atom. The zero-order chi connectivity index (χ0) is 23.9. The first kappa shape index (κ1) is 24.4. The highest BCUT2D eigenvalue weighted by Gasteiger charge is 2.17. The number of hydrogen-bond donors (Lipinski definition) is 2. The number of carbonyl (C=O) groups excluding carboxylic acids is 1. The quantitative estimate of drug-likeness (QED) is 0.408. The van der Waals surface area contributed by atoms with Crippen molar-refractivity contribution in [1.82, 2.24) is 19.8 Å². The summed E-state index contributed by atoms with van der Waals surface area (Å²) in [7, 11) is 4.14. The number of para-hydroxylation sites is 1. The summed E-state index contributed by atoms with van der Waals surface area (Å²) in [5.74, 6) is 1.32. The van der Waals surface area contributed by atoms with E-state index in [-0.39, 0.29) is 5.91 Å². The molecule has 1 saturated heterocycles. The number of rotatable bonds is 10. The van der Waals surface area contributed by atoms with E-state index in [0.717, 1.165) is 61.4 Å². The maximum atomic E-state index is 12.7. The maximum Gasteiger partial charge on any atom is 0.225 e. The van der Waals surface area contributed by atoms with Crippen LogP contribution >= 0.6 is 11.6 Å². The second kappa shape index (κ2) is 11.6. The Kier molecular flexibility index (Phi) is 8.32. The molecule has 1 fully saturated rings. The maximum absolute atomic E-state index is 12.7. The Bertz CT molecular complexity index is 1130. The van der Waals surface area contributed by atoms with Crippen molar-refractivity contribution in [2.75, 3.05) is 57.5 Å². The number of nitrogens with zero attached hydrogens (tertiary/aromatic N) is 4. The number of halogens is 1. The molecule has 1 amide bonds. The van der Waals surface area contributed by atoms with Crippen LogP contribution in [0.5, 0.6) is 0 Å². The van der Waals surface area contributed by atoms with Crippen LogP contribution in [0.1, 0.15) is 25.7 Å². The molecule has 7 nitrogen and oxygen atoms in total. The highest BCUT2D eigenvalue weighted by molar-refractivity contribution is 6.31. The van der Waals surface area contributed by atoms with Gasteiger partial charge in [-0.1, -0.05) is 23.7 Å². The molecule has 0 radical (unpaired) electrons. The molecule has 4 rings (SSSR count). The van der Waals surface area contributed by atoms with E-state index < -0.39 is 0 Å². The topological polar surface area (TPSA) is 73.4 Å². The molecule has 0 unspecified atom stereocenters. The number of anilines is 2. The van der Waals surface area contributed by atoms with E-state index in [1.165, 1.54) is 12.8 Å². The lowest BCUT2D eigenvalue weighted by molar-refractivity contribution is -0.116. The van der Waals surface area contributed by atoms with Crippen molar-refractivity contribution < 1.29 is 4.79 Å². The molecule has 0 spiro atoms. The van der Waals surface area contributed by atoms with Crippen LogP contribution in [0.25, 0.3) is 22.3 Å². The second-order valence-corrected chi connectivity index (χ2v) is 9.47. The fourth-order valence-electron chi connectivity index (χ4n) is 4.23. The minimum Gasteiger partial charge on any atom is -0.369 e. The fraction of sp³-hybridized carbons (Fsp3) is 0.423. The van der Waals surface area contributed by atoms with Crippen molar-refractivity contribution in [1.29, 1.82) is 0 Å². The normalized spacial score (nSPS) is 14.1. The van der Waals surface area contributed by atoms with Gasteiger partial charge < -0.3 is 20.4 Å². The molecule has 1 aliphatic rings. The largest absolute Gasteiger partial charge is 0.369 e. The number of nitrogens with one attached hydrogen (secondary N) is 2. The molecule has 2 heterocycles. The standard InChI is InChI=1S/C26H33ClN6O/c1-32(2)14-7-13-28-25-20-8-3-4-9-22(20)30-26(31-25)21-11-10-19(27)18-23(21)29-24(34)12-17-33-15-5-6-16-33/h3-4,8-11,18H,5-7,12-17H2,1-2H3,(H,29,34)(H,28,30,31). The molecule has 2 N–H and O–H groups in total. The molecule has 0 aliphatic carbocycles. The number of benzene rings is 2. The van der Waals surface area contributed by atoms with E-state index >= 15 is 0 Å². The van der Waals surface area contributed by atoms with Crippen molar-refractivity contribution in [3.8, 4) is 11.4 Å². The minimum absolute atomic E-state index is 0.0294. The molecule has 0 atom stereocenters. The molecule has 8 heteroatoms. The zero-order valence-electron chi connectivity index (χ0n) is 20.0. The lowest BCUT2D eigenvalue weighted by atomic mass is 10.1. The second-order valence-electron chi connectivity index (χ2n) is 9.03. The third-order valence-electron chi connectivity index (χ3n) is 6.03. The first-order chi connectivity index (χ1) is 16.5. The summed E-state index contributed by atoms with van der Waals surface area (Å²) in [4.78, 5) is 26.9. The van der Waals surface area contributed by atoms with Crippen LogP contribution in [0, 0.1) is 0 Å². The van der Waals surface area contributed by atoms with Gasteiger partial charge in [0.2, 0.25) is 5.91 Å². The van der Waals surface area contributed by atoms with Gasteiger partial charge in [-0.2, -0.15) is 0 Å². The van der Waals surface area contributed by atoms with Gasteiger partial charge in [0.05, 0.1) is 11.2 Å². The third kappa shape index (κ3) is 6.44. The summed E-state index contributed by atoms with van der Waals surface area (Å²) in [6.45, 7) is 4.72. The van der Waals surface area contributed by atoms with Gasteiger partial charge >= 0.3 is 0 Å². The van der Waals surface area contributed by atoms with Gasteiger partial charge in [0, 0.05) is 35.5 Å². The van der Waals surface area contributed by atoms with Crippen molar-refractivity contribution in [2.45, 2.75) is 25.7 Å². The minimum atomic E-state index is -0.0294. The molecule has 2 aromatic carbocycles. The van der Waals surface area contributed by atoms with E-state index in [9.17, 15) is 4.79 Å². The van der Waals surface area contributed by atoms with Gasteiger partial charge in [-0.15, -0.1) is 0 Å². The molecular formula is C26H33ClN6O. The van der Waals surface area contributed by atoms with Gasteiger partial charge in [-0.05, 0) is 83.3 Å². The van der Waals surface area contributed by atoms with Crippen LogP contribution < -0.4 is 10.6 Å². The third-order valence-corrected chi connectivity index (χ3v) is 6.26. The predicted molar refractivity (Wildman–Crippen MR) is 141 cm³/mol. The van der Waals surface area contributed by atoms with Gasteiger partial charge in [0.1, 0.15) is 5.82 Å². The van der Waals surface area contributed by atoms with Crippen molar-refractivity contribution >= 4 is 39.9 Å². The van der Waals surface area contributed by atoms with Crippen LogP contribution in [-0.2, 0) is 4.79 Å². The van der Waals surface area contributed by atoms with Gasteiger partial charge in [-0.3, -0.25) is 4.79 Å². The molecule has 3 aromatic rings. The first-order valence-corrected chi connectivity index (χ1v) is 12.3. The lowest BCUT2D eigenvalue weighted by Gasteiger charge is -2.16. The van der Waals surface area contributed by atoms with Crippen LogP contribution in [0.15, 0.2) is 42.5 Å². The van der Waals surface area contributed by atoms with Crippen molar-refractivity contribution in [2.24, 2.45) is 0 Å². The number of fused-ring (bicyclic) bond motifs is 1. The summed E-state index contributed by atoms with van der Waals surface area (Å²) < 4.78 is 0. The molecule has 0 saturated carbocycles. The molecule has 1 aliphatic heterocycles. The number of amides is 1. The summed E-state index contributed by atoms with van der Waals surface area (Å²) in [6, 6.07) is 13.4. The first-order valence-electron chi connectivity index (χ1n) is 12.0. The SMILES string of the molecule is CN(C)CCCNc1nc(-c2ccc(Cl)cc2NC(=O)CCN2CCCC2)nc2ccccc12. The average Bonchev–Trinajstić information content (AvgIpc) is 3.34. The number of carbonyl (C=O) groups is 1. The van der Waals surface area contributed by atoms with Crippen LogP contribution in [0.4, 0.5) is 11.5 Å². The Balaban J connectivity index is 1.58. The number of hydrogen-bond acceptors (Lipinski definition) is 6. The van der Waals surface area contributed by atoms with Crippen molar-refractivity contribution in [3.05, 3.63) is 47.5 Å². The highest BCUT2D eigenvalue weighted by Crippen LogP contribution is 2.31. The van der Waals surface area contributed by atoms with Gasteiger partial charge in [0.15, 0.2) is 5.82 Å². The zero-order valence-corrected chi connectivity index (χ0v) is 20.7. The molecule has 0 bridgehead atoms. The fourth-order valence-corrected chi connectivity index (χ4v) is 4.40. The Hall–Kier alpha value is -2.74. The number of aromatic nitrogens is 2. The lowest BCUT2D eigenvalue weighted by Crippen LogP contribution is -2.25. The molecule has 34 heavy (non-hydrogen) atoms. The summed E-state index contributed by atoms with van der Waals surface area (Å²) in [5, 5.41) is 8.06. The Morgan fingerprint density at radius 3 is 2.71 bits per heavy atom. The predicted octanol–water partition coefficient (Wildman–Crippen LogP) is 4.74. The van der Waals surface area contributed by atoms with E-state index in [2.05, 4.69) is 34.5 Å². The molecule has 180 valence electrons. The summed E-state index contributed by atoms with van der Waals surface area (Å²) >= 11 is 6.29. The van der Waals surface area contributed by atoms with Crippen LogP contribution in [-0.4, -0.2) is 72.5 Å². The van der Waals surface area contributed by atoms with Gasteiger partial charge in [0.25, 0.3) is 0 Å². The average molecular weight is 481 g/mol. The smallest absolute Gasteiger partial charge is 0.225 e. The Morgan fingerprint density at radius 1 is 1.12 bits per heavy atom. The molecular weight excluding hydrogens is 448 g/mol. The molecule has 1 aromatic heterocycles. The monoisotopic (exact) mass is 480 g/mol. The van der Waals surface area contributed by atoms with Crippen molar-refractivity contribution in [3.63, 3.8) is 0 Å². The van der Waals surface area contributed by atoms with E-state index in [0.29, 0.717) is 23.0 Å². The number of likely N-dealkylation sites (tertiary alicyclic amines) is 1. The summed E-state index contributed by atoms with van der Waals surface area (Å²) in [6.07, 6.45) is 3.87. The van der Waals surface area contributed by atoms with E-state index in [1.807, 2.05) is 30.3 Å². The van der Waals surface area contributed by atoms with Gasteiger partial charge in [-0.25, -0.2) is 9.97 Å².